The van der Waals surface area contributed by atoms with Crippen molar-refractivity contribution in [2.75, 3.05) is 13.2 Å². The van der Waals surface area contributed by atoms with Gasteiger partial charge in [-0.2, -0.15) is 0 Å². The molecule has 0 aromatic heterocycles. The number of carbonyl (C=O) groups is 1. The second-order valence-corrected chi connectivity index (χ2v) is 8.17. The van der Waals surface area contributed by atoms with E-state index in [1.165, 1.54) is 0 Å². The van der Waals surface area contributed by atoms with Crippen LogP contribution in [-0.4, -0.2) is 115 Å². The maximum absolute atomic E-state index is 12.2. The molecule has 35 heavy (non-hydrogen) atoms. The number of benzene rings is 1. The molecule has 1 aromatic carbocycles. The van der Waals surface area contributed by atoms with Gasteiger partial charge in [-0.05, 0) is 12.1 Å². The zero-order valence-electron chi connectivity index (χ0n) is 19.2. The van der Waals surface area contributed by atoms with Crippen LogP contribution >= 0.6 is 0 Å². The molecule has 2 fully saturated rings. The van der Waals surface area contributed by atoms with E-state index in [1.807, 2.05) is 0 Å². The third-order valence-corrected chi connectivity index (χ3v) is 5.93. The molecule has 196 valence electrons. The van der Waals surface area contributed by atoms with Gasteiger partial charge < -0.3 is 55.3 Å². The summed E-state index contributed by atoms with van der Waals surface area (Å²) in [6, 6.07) is 2.53. The number of hydrogen-bond donors (Lipinski definition) is 8. The third kappa shape index (κ3) is 5.29. The highest BCUT2D eigenvalue weighted by Gasteiger charge is 2.57. The second kappa shape index (κ2) is 10.8. The van der Waals surface area contributed by atoms with E-state index in [4.69, 9.17) is 15.6 Å². The van der Waals surface area contributed by atoms with Crippen LogP contribution in [0.5, 0.6) is 0 Å². The molecular formula is C20H28N2O13. The van der Waals surface area contributed by atoms with Crippen molar-refractivity contribution in [2.24, 2.45) is 0 Å². The molecule has 8 N–H and O–H groups in total. The van der Waals surface area contributed by atoms with E-state index < -0.39 is 91.8 Å². The largest absolute Gasteiger partial charge is 0.394 e. The highest BCUT2D eigenvalue weighted by molar-refractivity contribution is 5.73. The minimum Gasteiger partial charge on any atom is -0.394 e. The van der Waals surface area contributed by atoms with Crippen LogP contribution in [0.3, 0.4) is 0 Å². The van der Waals surface area contributed by atoms with Gasteiger partial charge in [-0.3, -0.25) is 14.9 Å². The zero-order chi connectivity index (χ0) is 26.8. The first-order chi connectivity index (χ1) is 17.0. The molecule has 0 aliphatic carbocycles. The lowest BCUT2D eigenvalue weighted by atomic mass is 9.85. The minimum absolute atomic E-state index is 0.156. The fourth-order valence-electron chi connectivity index (χ4n) is 4.07. The standard InChI is InChI=1S/C20H28N2O13/c1-8(25)21-18-17(34-19-16(29)15(28)13(26)11(6-23)33-19)14(27)12(7-24)35-20(18,30)9-2-4-10(5-3-9)22(31)32/h2-5,11-19,23-24,26-30H,6-7H2,1H3,(H,21,25)/t11-,12-,13+,14+,15+,16-,17+,18-,19+,20?/m1/s1/i1D. The summed E-state index contributed by atoms with van der Waals surface area (Å²) in [5.41, 5.74) is -0.492. The molecule has 2 heterocycles. The van der Waals surface area contributed by atoms with E-state index in [0.29, 0.717) is 0 Å². The van der Waals surface area contributed by atoms with Gasteiger partial charge in [-0.25, -0.2) is 0 Å². The number of non-ortho nitro benzene ring substituents is 1. The molecule has 2 saturated heterocycles. The summed E-state index contributed by atoms with van der Waals surface area (Å²) in [5.74, 6) is -3.55. The van der Waals surface area contributed by atoms with Crippen molar-refractivity contribution in [1.29, 1.82) is 0 Å². The summed E-state index contributed by atoms with van der Waals surface area (Å²) in [6.45, 7) is -2.48. The molecular weight excluding hydrogens is 476 g/mol. The quantitative estimate of drug-likeness (QED) is 0.131. The first kappa shape index (κ1) is 25.8. The Morgan fingerprint density at radius 1 is 1.11 bits per heavy atom. The van der Waals surface area contributed by atoms with Crippen LogP contribution < -0.4 is 5.32 Å². The Bertz CT molecular complexity index is 921. The number of nitrogens with zero attached hydrogens (tertiary/aromatic N) is 1. The fraction of sp³-hybridized carbons (Fsp3) is 0.650. The van der Waals surface area contributed by atoms with Gasteiger partial charge in [-0.1, -0.05) is 0 Å². The van der Waals surface area contributed by atoms with Gasteiger partial charge in [0.15, 0.2) is 6.29 Å². The van der Waals surface area contributed by atoms with Crippen molar-refractivity contribution in [3.05, 3.63) is 39.9 Å². The summed E-state index contributed by atoms with van der Waals surface area (Å²) >= 11 is 0. The monoisotopic (exact) mass is 505 g/mol. The molecule has 15 nitrogen and oxygen atoms in total. The lowest BCUT2D eigenvalue weighted by molar-refractivity contribution is -0.385. The maximum Gasteiger partial charge on any atom is 0.269 e. The van der Waals surface area contributed by atoms with Crippen LogP contribution in [0.1, 0.15) is 13.8 Å². The number of amides is 1. The smallest absolute Gasteiger partial charge is 0.269 e. The lowest BCUT2D eigenvalue weighted by Crippen LogP contribution is -2.71. The molecule has 2 aliphatic heterocycles. The minimum atomic E-state index is -2.59. The summed E-state index contributed by atoms with van der Waals surface area (Å²) < 4.78 is 23.7. The van der Waals surface area contributed by atoms with E-state index in [-0.39, 0.29) is 11.3 Å². The first-order valence-corrected chi connectivity index (χ1v) is 10.5. The van der Waals surface area contributed by atoms with Gasteiger partial charge in [0, 0.05) is 26.0 Å². The fourth-order valence-corrected chi connectivity index (χ4v) is 4.07. The number of hydrogen-bond acceptors (Lipinski definition) is 13. The van der Waals surface area contributed by atoms with Crippen LogP contribution in [0.2, 0.25) is 0 Å². The zero-order valence-corrected chi connectivity index (χ0v) is 18.2. The maximum atomic E-state index is 12.2. The van der Waals surface area contributed by atoms with Crippen molar-refractivity contribution >= 4 is 11.6 Å². The average molecular weight is 505 g/mol. The molecule has 0 radical (unpaired) electrons. The molecule has 3 rings (SSSR count). The lowest BCUT2D eigenvalue weighted by Gasteiger charge is -2.51. The van der Waals surface area contributed by atoms with E-state index >= 15 is 0 Å². The SMILES string of the molecule is [2H]CC(=O)N[C@@H]1[C@@H](O[C@@H]2O[C@H](CO)[C@H](O)[C@H](O)[C@H]2O)[C@@H](O)[C@@H](CO)OC1(O)c1ccc([N+](=O)[O-])cc1. The van der Waals surface area contributed by atoms with E-state index in [9.17, 15) is 50.7 Å². The van der Waals surface area contributed by atoms with E-state index in [2.05, 4.69) is 5.32 Å². The number of carbonyl (C=O) groups excluding carboxylic acids is 1. The van der Waals surface area contributed by atoms with Crippen molar-refractivity contribution in [3.63, 3.8) is 0 Å². The summed E-state index contributed by atoms with van der Waals surface area (Å²) in [4.78, 5) is 22.5. The normalized spacial score (nSPS) is 40.1. The molecule has 0 saturated carbocycles. The second-order valence-electron chi connectivity index (χ2n) is 8.17. The molecule has 1 unspecified atom stereocenters. The molecule has 15 heteroatoms. The summed E-state index contributed by atoms with van der Waals surface area (Å²) in [6.07, 6.45) is -13.8. The number of rotatable bonds is 7. The van der Waals surface area contributed by atoms with Gasteiger partial charge in [0.1, 0.15) is 48.8 Å². The van der Waals surface area contributed by atoms with Crippen LogP contribution in [0.25, 0.3) is 0 Å². The van der Waals surface area contributed by atoms with Gasteiger partial charge in [0.2, 0.25) is 11.7 Å². The van der Waals surface area contributed by atoms with E-state index in [1.54, 1.807) is 0 Å². The molecule has 10 atom stereocenters. The molecule has 2 aliphatic rings. The van der Waals surface area contributed by atoms with Crippen molar-refractivity contribution in [3.8, 4) is 0 Å². The first-order valence-electron chi connectivity index (χ1n) is 11.2. The topological polar surface area (TPSA) is 242 Å². The number of aliphatic hydroxyl groups is 7. The predicted octanol–water partition coefficient (Wildman–Crippen LogP) is -3.82. The number of ether oxygens (including phenoxy) is 3. The van der Waals surface area contributed by atoms with Crippen LogP contribution in [-0.2, 0) is 24.8 Å². The number of nitro groups is 1. The number of nitrogens with one attached hydrogen (secondary N) is 1. The molecule has 0 spiro atoms. The molecule has 0 bridgehead atoms. The van der Waals surface area contributed by atoms with Gasteiger partial charge in [0.25, 0.3) is 5.69 Å². The highest BCUT2D eigenvalue weighted by atomic mass is 16.7. The Morgan fingerprint density at radius 2 is 1.74 bits per heavy atom. The van der Waals surface area contributed by atoms with Gasteiger partial charge in [0.05, 0.1) is 18.1 Å². The average Bonchev–Trinajstić information content (AvgIpc) is 2.87. The third-order valence-electron chi connectivity index (χ3n) is 5.93. The Morgan fingerprint density at radius 3 is 2.29 bits per heavy atom. The predicted molar refractivity (Wildman–Crippen MR) is 111 cm³/mol. The van der Waals surface area contributed by atoms with Gasteiger partial charge >= 0.3 is 0 Å². The number of nitro benzene ring substituents is 1. The van der Waals surface area contributed by atoms with Crippen LogP contribution in [0, 0.1) is 10.1 Å². The van der Waals surface area contributed by atoms with Crippen molar-refractivity contribution in [1.82, 2.24) is 5.32 Å². The Labute approximate surface area is 199 Å². The van der Waals surface area contributed by atoms with Gasteiger partial charge in [-0.15, -0.1) is 0 Å². The molecule has 1 amide bonds. The summed E-state index contributed by atoms with van der Waals surface area (Å²) in [7, 11) is 0. The Balaban J connectivity index is 2.03. The van der Waals surface area contributed by atoms with Crippen LogP contribution in [0.4, 0.5) is 5.69 Å². The Hall–Kier alpha value is -2.31. The van der Waals surface area contributed by atoms with Crippen LogP contribution in [0.15, 0.2) is 24.3 Å². The summed E-state index contributed by atoms with van der Waals surface area (Å²) in [5, 5.41) is 85.3. The molecule has 1 aromatic rings. The Kier molecular flexibility index (Phi) is 7.92. The number of aliphatic hydroxyl groups excluding tert-OH is 6. The van der Waals surface area contributed by atoms with E-state index in [0.717, 1.165) is 24.3 Å². The van der Waals surface area contributed by atoms with Crippen molar-refractivity contribution in [2.45, 2.75) is 67.7 Å². The van der Waals surface area contributed by atoms with Crippen molar-refractivity contribution < 1.29 is 61.0 Å². The highest BCUT2D eigenvalue weighted by Crippen LogP contribution is 2.39.